The van der Waals surface area contributed by atoms with E-state index in [9.17, 15) is 8.78 Å². The van der Waals surface area contributed by atoms with Gasteiger partial charge < -0.3 is 5.73 Å². The highest BCUT2D eigenvalue weighted by Crippen LogP contribution is 2.26. The molecule has 0 heterocycles. The Kier molecular flexibility index (Phi) is 3.21. The van der Waals surface area contributed by atoms with Crippen LogP contribution in [0, 0.1) is 25.5 Å². The smallest absolute Gasteiger partial charge is 0.129 e. The van der Waals surface area contributed by atoms with Gasteiger partial charge in [0.05, 0.1) is 0 Å². The van der Waals surface area contributed by atoms with E-state index in [4.69, 9.17) is 5.73 Å². The van der Waals surface area contributed by atoms with Crippen molar-refractivity contribution < 1.29 is 8.78 Å². The normalized spacial score (nSPS) is 13.0. The highest BCUT2D eigenvalue weighted by molar-refractivity contribution is 5.38. The standard InChI is InChI=1S/C11H15F2N/c1-6(5-14)11-7(2)9(12)4-10(13)8(11)3/h4,6H,5,14H2,1-3H3. The van der Waals surface area contributed by atoms with E-state index in [2.05, 4.69) is 0 Å². The van der Waals surface area contributed by atoms with Crippen molar-refractivity contribution >= 4 is 0 Å². The highest BCUT2D eigenvalue weighted by atomic mass is 19.1. The van der Waals surface area contributed by atoms with Gasteiger partial charge in [0.1, 0.15) is 11.6 Å². The Balaban J connectivity index is 3.39. The van der Waals surface area contributed by atoms with Crippen molar-refractivity contribution in [3.05, 3.63) is 34.4 Å². The fourth-order valence-corrected chi connectivity index (χ4v) is 1.72. The van der Waals surface area contributed by atoms with E-state index in [1.807, 2.05) is 6.92 Å². The zero-order valence-corrected chi connectivity index (χ0v) is 8.70. The first-order chi connectivity index (χ1) is 6.49. The number of hydrogen-bond acceptors (Lipinski definition) is 1. The van der Waals surface area contributed by atoms with Gasteiger partial charge in [0.15, 0.2) is 0 Å². The molecule has 0 saturated heterocycles. The molecule has 1 nitrogen and oxygen atoms in total. The van der Waals surface area contributed by atoms with Crippen LogP contribution in [0.3, 0.4) is 0 Å². The molecule has 1 aromatic rings. The van der Waals surface area contributed by atoms with Crippen LogP contribution >= 0.6 is 0 Å². The molecule has 0 saturated carbocycles. The maximum absolute atomic E-state index is 13.2. The van der Waals surface area contributed by atoms with Crippen molar-refractivity contribution in [2.75, 3.05) is 6.54 Å². The highest BCUT2D eigenvalue weighted by Gasteiger charge is 2.16. The van der Waals surface area contributed by atoms with Gasteiger partial charge in [-0.1, -0.05) is 6.92 Å². The maximum atomic E-state index is 13.2. The maximum Gasteiger partial charge on any atom is 0.129 e. The number of halogens is 2. The van der Waals surface area contributed by atoms with Gasteiger partial charge in [0.2, 0.25) is 0 Å². The summed E-state index contributed by atoms with van der Waals surface area (Å²) in [6.07, 6.45) is 0. The van der Waals surface area contributed by atoms with E-state index >= 15 is 0 Å². The van der Waals surface area contributed by atoms with Gasteiger partial charge in [-0.25, -0.2) is 8.78 Å². The molecule has 2 N–H and O–H groups in total. The number of rotatable bonds is 2. The van der Waals surface area contributed by atoms with Gasteiger partial charge in [-0.05, 0) is 43.0 Å². The summed E-state index contributed by atoms with van der Waals surface area (Å²) in [4.78, 5) is 0. The first-order valence-corrected chi connectivity index (χ1v) is 4.64. The van der Waals surface area contributed by atoms with Gasteiger partial charge in [-0.3, -0.25) is 0 Å². The van der Waals surface area contributed by atoms with Crippen molar-refractivity contribution in [3.63, 3.8) is 0 Å². The topological polar surface area (TPSA) is 26.0 Å². The second-order valence-electron chi connectivity index (χ2n) is 3.64. The fraction of sp³-hybridized carbons (Fsp3) is 0.455. The van der Waals surface area contributed by atoms with Gasteiger partial charge in [0, 0.05) is 6.07 Å². The molecule has 0 aliphatic rings. The summed E-state index contributed by atoms with van der Waals surface area (Å²) in [5, 5.41) is 0. The fourth-order valence-electron chi connectivity index (χ4n) is 1.72. The Morgan fingerprint density at radius 1 is 1.21 bits per heavy atom. The van der Waals surface area contributed by atoms with Crippen molar-refractivity contribution in [1.82, 2.24) is 0 Å². The molecule has 0 aliphatic heterocycles. The summed E-state index contributed by atoms with van der Waals surface area (Å²) in [6, 6.07) is 0.928. The summed E-state index contributed by atoms with van der Waals surface area (Å²) in [6.45, 7) is 5.57. The summed E-state index contributed by atoms with van der Waals surface area (Å²) in [7, 11) is 0. The molecule has 1 atom stereocenters. The molecular weight excluding hydrogens is 184 g/mol. The average Bonchev–Trinajstić information content (AvgIpc) is 2.15. The van der Waals surface area contributed by atoms with Crippen LogP contribution in [0.1, 0.15) is 29.5 Å². The Hall–Kier alpha value is -0.960. The van der Waals surface area contributed by atoms with Gasteiger partial charge >= 0.3 is 0 Å². The largest absolute Gasteiger partial charge is 0.330 e. The van der Waals surface area contributed by atoms with Gasteiger partial charge in [0.25, 0.3) is 0 Å². The third kappa shape index (κ3) is 1.77. The average molecular weight is 199 g/mol. The van der Waals surface area contributed by atoms with Gasteiger partial charge in [-0.15, -0.1) is 0 Å². The van der Waals surface area contributed by atoms with E-state index in [1.165, 1.54) is 0 Å². The Morgan fingerprint density at radius 3 is 2.00 bits per heavy atom. The number of nitrogens with two attached hydrogens (primary N) is 1. The minimum absolute atomic E-state index is 0.0137. The molecule has 0 aromatic heterocycles. The van der Waals surface area contributed by atoms with Crippen LogP contribution in [0.2, 0.25) is 0 Å². The van der Waals surface area contributed by atoms with Crippen LogP contribution in [-0.2, 0) is 0 Å². The summed E-state index contributed by atoms with van der Waals surface area (Å²) < 4.78 is 26.5. The zero-order valence-electron chi connectivity index (χ0n) is 8.70. The molecule has 0 spiro atoms. The zero-order chi connectivity index (χ0) is 10.9. The predicted molar refractivity (Wildman–Crippen MR) is 53.3 cm³/mol. The van der Waals surface area contributed by atoms with E-state index < -0.39 is 11.6 Å². The van der Waals surface area contributed by atoms with Crippen LogP contribution in [-0.4, -0.2) is 6.54 Å². The third-order valence-electron chi connectivity index (χ3n) is 2.62. The monoisotopic (exact) mass is 199 g/mol. The van der Waals surface area contributed by atoms with Crippen molar-refractivity contribution in [1.29, 1.82) is 0 Å². The first-order valence-electron chi connectivity index (χ1n) is 4.64. The molecule has 3 heteroatoms. The molecule has 0 bridgehead atoms. The Morgan fingerprint density at radius 2 is 1.64 bits per heavy atom. The van der Waals surface area contributed by atoms with E-state index in [0.29, 0.717) is 23.2 Å². The second kappa shape index (κ2) is 4.05. The number of hydrogen-bond donors (Lipinski definition) is 1. The van der Waals surface area contributed by atoms with Crippen LogP contribution < -0.4 is 5.73 Å². The van der Waals surface area contributed by atoms with Crippen LogP contribution in [0.5, 0.6) is 0 Å². The summed E-state index contributed by atoms with van der Waals surface area (Å²) in [5.41, 5.74) is 7.20. The molecule has 1 rings (SSSR count). The predicted octanol–water partition coefficient (Wildman–Crippen LogP) is 2.64. The molecule has 14 heavy (non-hydrogen) atoms. The quantitative estimate of drug-likeness (QED) is 0.778. The third-order valence-corrected chi connectivity index (χ3v) is 2.62. The first kappa shape index (κ1) is 11.1. The summed E-state index contributed by atoms with van der Waals surface area (Å²) in [5.74, 6) is -1.01. The molecule has 78 valence electrons. The molecule has 0 amide bonds. The lowest BCUT2D eigenvalue weighted by molar-refractivity contribution is 0.561. The molecule has 1 unspecified atom stereocenters. The van der Waals surface area contributed by atoms with Crippen molar-refractivity contribution in [2.45, 2.75) is 26.7 Å². The van der Waals surface area contributed by atoms with Crippen LogP contribution in [0.25, 0.3) is 0 Å². The van der Waals surface area contributed by atoms with Crippen LogP contribution in [0.15, 0.2) is 6.07 Å². The van der Waals surface area contributed by atoms with Crippen LogP contribution in [0.4, 0.5) is 8.78 Å². The molecular formula is C11H15F2N. The van der Waals surface area contributed by atoms with Gasteiger partial charge in [-0.2, -0.15) is 0 Å². The lowest BCUT2D eigenvalue weighted by atomic mass is 9.91. The van der Waals surface area contributed by atoms with E-state index in [1.54, 1.807) is 13.8 Å². The van der Waals surface area contributed by atoms with Crippen molar-refractivity contribution in [3.8, 4) is 0 Å². The van der Waals surface area contributed by atoms with E-state index in [-0.39, 0.29) is 5.92 Å². The minimum Gasteiger partial charge on any atom is -0.330 e. The summed E-state index contributed by atoms with van der Waals surface area (Å²) >= 11 is 0. The molecule has 1 aromatic carbocycles. The SMILES string of the molecule is Cc1c(F)cc(F)c(C)c1C(C)CN. The minimum atomic E-state index is -0.497. The molecule has 0 aliphatic carbocycles. The Bertz CT molecular complexity index is 321. The number of benzene rings is 1. The Labute approximate surface area is 82.9 Å². The lowest BCUT2D eigenvalue weighted by Gasteiger charge is -2.16. The molecule has 0 radical (unpaired) electrons. The van der Waals surface area contributed by atoms with E-state index in [0.717, 1.165) is 6.07 Å². The lowest BCUT2D eigenvalue weighted by Crippen LogP contribution is -2.13. The second-order valence-corrected chi connectivity index (χ2v) is 3.64. The van der Waals surface area contributed by atoms with Crippen molar-refractivity contribution in [2.24, 2.45) is 5.73 Å². The molecule has 0 fully saturated rings.